The van der Waals surface area contributed by atoms with E-state index in [1.165, 1.54) is 24.0 Å². The zero-order valence-electron chi connectivity index (χ0n) is 16.5. The number of aliphatic hydroxyl groups is 1. The Bertz CT molecular complexity index is 756. The minimum absolute atomic E-state index is 0.0112. The van der Waals surface area contributed by atoms with E-state index in [0.29, 0.717) is 18.8 Å². The van der Waals surface area contributed by atoms with Gasteiger partial charge in [0.25, 0.3) is 0 Å². The van der Waals surface area contributed by atoms with Crippen molar-refractivity contribution in [3.05, 3.63) is 65.0 Å². The fourth-order valence-corrected chi connectivity index (χ4v) is 3.26. The monoisotopic (exact) mass is 366 g/mol. The number of pyridine rings is 1. The topological polar surface area (TPSA) is 62.2 Å². The summed E-state index contributed by atoms with van der Waals surface area (Å²) >= 11 is 0. The van der Waals surface area contributed by atoms with Crippen LogP contribution in [0, 0.1) is 0 Å². The van der Waals surface area contributed by atoms with Crippen LogP contribution in [-0.2, 0) is 16.6 Å². The first-order chi connectivity index (χ1) is 12.9. The lowest BCUT2D eigenvalue weighted by atomic mass is 9.86. The minimum atomic E-state index is -0.260. The van der Waals surface area contributed by atoms with E-state index in [1.807, 2.05) is 24.4 Å². The van der Waals surface area contributed by atoms with Crippen molar-refractivity contribution in [1.29, 1.82) is 0 Å². The van der Waals surface area contributed by atoms with Crippen molar-refractivity contribution < 1.29 is 9.90 Å². The van der Waals surface area contributed by atoms with Crippen LogP contribution >= 0.6 is 0 Å². The van der Waals surface area contributed by atoms with Gasteiger partial charge in [0, 0.05) is 12.8 Å². The summed E-state index contributed by atoms with van der Waals surface area (Å²) in [5, 5.41) is 12.4. The van der Waals surface area contributed by atoms with E-state index in [4.69, 9.17) is 0 Å². The van der Waals surface area contributed by atoms with Crippen LogP contribution in [-0.4, -0.2) is 22.6 Å². The largest absolute Gasteiger partial charge is 0.396 e. The lowest BCUT2D eigenvalue weighted by molar-refractivity contribution is -0.121. The van der Waals surface area contributed by atoms with Gasteiger partial charge in [-0.2, -0.15) is 0 Å². The molecule has 27 heavy (non-hydrogen) atoms. The Morgan fingerprint density at radius 1 is 1.19 bits per heavy atom. The fourth-order valence-electron chi connectivity index (χ4n) is 3.26. The summed E-state index contributed by atoms with van der Waals surface area (Å²) in [6.07, 6.45) is 5.18. The molecule has 144 valence electrons. The molecule has 0 aliphatic heterocycles. The van der Waals surface area contributed by atoms with Crippen molar-refractivity contribution in [2.75, 3.05) is 6.61 Å². The van der Waals surface area contributed by atoms with E-state index in [1.54, 1.807) is 0 Å². The smallest absolute Gasteiger partial charge is 0.224 e. The Labute approximate surface area is 162 Å². The van der Waals surface area contributed by atoms with E-state index >= 15 is 0 Å². The van der Waals surface area contributed by atoms with Crippen molar-refractivity contribution in [1.82, 2.24) is 10.3 Å². The molecule has 1 amide bonds. The van der Waals surface area contributed by atoms with Crippen LogP contribution in [0.3, 0.4) is 0 Å². The van der Waals surface area contributed by atoms with Crippen molar-refractivity contribution in [2.45, 2.75) is 63.8 Å². The van der Waals surface area contributed by atoms with Gasteiger partial charge in [-0.05, 0) is 53.4 Å². The van der Waals surface area contributed by atoms with E-state index in [-0.39, 0.29) is 24.0 Å². The highest BCUT2D eigenvalue weighted by molar-refractivity contribution is 5.79. The molecule has 1 heterocycles. The number of aromatic nitrogens is 1. The highest BCUT2D eigenvalue weighted by Crippen LogP contribution is 2.39. The second kappa shape index (κ2) is 8.22. The van der Waals surface area contributed by atoms with E-state index in [0.717, 1.165) is 11.3 Å². The predicted molar refractivity (Wildman–Crippen MR) is 108 cm³/mol. The van der Waals surface area contributed by atoms with Gasteiger partial charge < -0.3 is 10.4 Å². The molecule has 1 aliphatic carbocycles. The summed E-state index contributed by atoms with van der Waals surface area (Å²) in [4.78, 5) is 17.0. The number of hydrogen-bond acceptors (Lipinski definition) is 3. The molecule has 2 aromatic rings. The Morgan fingerprint density at radius 3 is 2.41 bits per heavy atom. The normalized spacial score (nSPS) is 15.4. The number of carbonyl (C=O) groups excluding carboxylic acids is 1. The lowest BCUT2D eigenvalue weighted by Crippen LogP contribution is -2.31. The molecule has 1 aliphatic rings. The third-order valence-electron chi connectivity index (χ3n) is 5.15. The van der Waals surface area contributed by atoms with Crippen molar-refractivity contribution in [3.8, 4) is 0 Å². The molecule has 1 aromatic carbocycles. The van der Waals surface area contributed by atoms with Gasteiger partial charge in [-0.15, -0.1) is 0 Å². The number of carbonyl (C=O) groups is 1. The summed E-state index contributed by atoms with van der Waals surface area (Å²) < 4.78 is 0. The van der Waals surface area contributed by atoms with Crippen LogP contribution in [0.25, 0.3) is 0 Å². The number of amides is 1. The number of nitrogens with zero attached hydrogens (tertiary/aromatic N) is 1. The van der Waals surface area contributed by atoms with Crippen LogP contribution in [0.4, 0.5) is 0 Å². The number of hydrogen-bond donors (Lipinski definition) is 2. The van der Waals surface area contributed by atoms with Gasteiger partial charge in [0.1, 0.15) is 0 Å². The summed E-state index contributed by atoms with van der Waals surface area (Å²) in [5.41, 5.74) is 4.42. The fraction of sp³-hybridized carbons (Fsp3) is 0.478. The molecule has 0 radical (unpaired) electrons. The number of rotatable bonds is 7. The maximum absolute atomic E-state index is 12.5. The molecule has 4 nitrogen and oxygen atoms in total. The van der Waals surface area contributed by atoms with E-state index in [2.05, 4.69) is 49.3 Å². The second-order valence-corrected chi connectivity index (χ2v) is 8.55. The maximum Gasteiger partial charge on any atom is 0.224 e. The maximum atomic E-state index is 12.5. The summed E-state index contributed by atoms with van der Waals surface area (Å²) in [6, 6.07) is 12.0. The van der Waals surface area contributed by atoms with Gasteiger partial charge in [-0.1, -0.05) is 51.1 Å². The van der Waals surface area contributed by atoms with Gasteiger partial charge >= 0.3 is 0 Å². The first kappa shape index (κ1) is 19.6. The summed E-state index contributed by atoms with van der Waals surface area (Å²) in [6.45, 7) is 6.54. The minimum Gasteiger partial charge on any atom is -0.396 e. The van der Waals surface area contributed by atoms with Crippen molar-refractivity contribution >= 4 is 5.91 Å². The molecule has 0 spiro atoms. The molecule has 2 N–H and O–H groups in total. The van der Waals surface area contributed by atoms with Crippen LogP contribution < -0.4 is 5.32 Å². The SMILES string of the molecule is CC(C)(C)c1ccc(CC(=O)NC(CCO)c2ccc(C3CC3)cn2)cc1. The van der Waals surface area contributed by atoms with Gasteiger partial charge in [0.05, 0.1) is 18.2 Å². The van der Waals surface area contributed by atoms with Gasteiger partial charge in [-0.25, -0.2) is 0 Å². The third-order valence-corrected chi connectivity index (χ3v) is 5.15. The molecule has 1 unspecified atom stereocenters. The molecule has 1 atom stereocenters. The number of aliphatic hydroxyl groups excluding tert-OH is 1. The Morgan fingerprint density at radius 2 is 1.89 bits per heavy atom. The van der Waals surface area contributed by atoms with Crippen LogP contribution in [0.5, 0.6) is 0 Å². The third kappa shape index (κ3) is 5.39. The van der Waals surface area contributed by atoms with Crippen LogP contribution in [0.2, 0.25) is 0 Å². The van der Waals surface area contributed by atoms with Gasteiger partial charge in [0.15, 0.2) is 0 Å². The van der Waals surface area contributed by atoms with E-state index in [9.17, 15) is 9.90 Å². The van der Waals surface area contributed by atoms with Gasteiger partial charge in [0.2, 0.25) is 5.91 Å². The molecular weight excluding hydrogens is 336 g/mol. The highest BCUT2D eigenvalue weighted by Gasteiger charge is 2.24. The molecule has 4 heteroatoms. The molecule has 1 saturated carbocycles. The van der Waals surface area contributed by atoms with Crippen LogP contribution in [0.15, 0.2) is 42.6 Å². The standard InChI is InChI=1S/C23H30N2O2/c1-23(2,3)19-9-4-16(5-10-19)14-22(27)25-21(12-13-26)20-11-8-18(15-24-20)17-6-7-17/h4-5,8-11,15,17,21,26H,6-7,12-14H2,1-3H3,(H,25,27). The molecular formula is C23H30N2O2. The molecule has 1 fully saturated rings. The Hall–Kier alpha value is -2.20. The zero-order chi connectivity index (χ0) is 19.4. The molecule has 1 aromatic heterocycles. The summed E-state index contributed by atoms with van der Waals surface area (Å²) in [7, 11) is 0. The average Bonchev–Trinajstić information content (AvgIpc) is 3.46. The molecule has 0 saturated heterocycles. The Balaban J connectivity index is 1.62. The van der Waals surface area contributed by atoms with Crippen LogP contribution in [0.1, 0.15) is 74.4 Å². The number of benzene rings is 1. The summed E-state index contributed by atoms with van der Waals surface area (Å²) in [5.74, 6) is 0.610. The quantitative estimate of drug-likeness (QED) is 0.777. The molecule has 0 bridgehead atoms. The first-order valence-corrected chi connectivity index (χ1v) is 9.82. The zero-order valence-corrected chi connectivity index (χ0v) is 16.5. The average molecular weight is 367 g/mol. The Kier molecular flexibility index (Phi) is 5.95. The second-order valence-electron chi connectivity index (χ2n) is 8.55. The lowest BCUT2D eigenvalue weighted by Gasteiger charge is -2.20. The molecule has 3 rings (SSSR count). The van der Waals surface area contributed by atoms with Crippen molar-refractivity contribution in [3.63, 3.8) is 0 Å². The van der Waals surface area contributed by atoms with Gasteiger partial charge in [-0.3, -0.25) is 9.78 Å². The number of nitrogens with one attached hydrogen (secondary N) is 1. The predicted octanol–water partition coefficient (Wildman–Crippen LogP) is 4.04. The van der Waals surface area contributed by atoms with Crippen molar-refractivity contribution in [2.24, 2.45) is 0 Å². The van der Waals surface area contributed by atoms with E-state index < -0.39 is 0 Å². The first-order valence-electron chi connectivity index (χ1n) is 9.82. The highest BCUT2D eigenvalue weighted by atomic mass is 16.3.